The van der Waals surface area contributed by atoms with Crippen LogP contribution in [0.1, 0.15) is 60.8 Å². The van der Waals surface area contributed by atoms with Gasteiger partial charge in [0.25, 0.3) is 0 Å². The summed E-state index contributed by atoms with van der Waals surface area (Å²) in [5.41, 5.74) is 10.6. The van der Waals surface area contributed by atoms with Gasteiger partial charge in [0.05, 0.1) is 7.11 Å². The lowest BCUT2D eigenvalue weighted by atomic mass is 9.80. The van der Waals surface area contributed by atoms with Gasteiger partial charge < -0.3 is 35.5 Å². The number of ether oxygens (including phenoxy) is 3. The number of nitrogens with zero attached hydrogens (tertiary/aromatic N) is 1. The Bertz CT molecular complexity index is 2110. The van der Waals surface area contributed by atoms with Crippen molar-refractivity contribution < 1.29 is 29.2 Å². The normalized spacial score (nSPS) is 19.1. The first kappa shape index (κ1) is 37.9. The summed E-state index contributed by atoms with van der Waals surface area (Å²) < 4.78 is 18.0. The number of aliphatic hydroxyl groups excluding tert-OH is 1. The molecule has 5 N–H and O–H groups in total. The Morgan fingerprint density at radius 1 is 1.02 bits per heavy atom. The minimum atomic E-state index is -0.483. The number of nitrogens with one attached hydrogen (secondary N) is 1. The number of fused-ring (bicyclic) bond motifs is 9. The highest BCUT2D eigenvalue weighted by Crippen LogP contribution is 2.34. The summed E-state index contributed by atoms with van der Waals surface area (Å²) in [6.45, 7) is 0.332. The zero-order valence-electron chi connectivity index (χ0n) is 31.0. The minimum Gasteiger partial charge on any atom is -0.508 e. The molecule has 0 amide bonds. The van der Waals surface area contributed by atoms with E-state index in [1.165, 1.54) is 5.56 Å². The van der Waals surface area contributed by atoms with Crippen molar-refractivity contribution in [2.24, 2.45) is 22.6 Å². The second kappa shape index (κ2) is 18.2. The van der Waals surface area contributed by atoms with Crippen molar-refractivity contribution in [2.75, 3.05) is 19.5 Å². The number of methoxy groups -OCH3 is 1. The van der Waals surface area contributed by atoms with Crippen LogP contribution in [0.2, 0.25) is 0 Å². The summed E-state index contributed by atoms with van der Waals surface area (Å²) in [6.07, 6.45) is 13.8. The smallest absolute Gasteiger partial charge is 0.192 e. The first-order chi connectivity index (χ1) is 26.3. The summed E-state index contributed by atoms with van der Waals surface area (Å²) in [5.74, 6) is 5.30. The first-order valence-electron chi connectivity index (χ1n) is 18.6. The van der Waals surface area contributed by atoms with Crippen LogP contribution in [0.25, 0.3) is 10.8 Å². The van der Waals surface area contributed by atoms with E-state index in [0.29, 0.717) is 48.9 Å². The molecule has 0 radical (unpaired) electrons. The topological polar surface area (TPSA) is 136 Å². The second-order valence-electron chi connectivity index (χ2n) is 14.0. The van der Waals surface area contributed by atoms with E-state index in [0.717, 1.165) is 53.3 Å². The highest BCUT2D eigenvalue weighted by molar-refractivity contribution is 5.92. The van der Waals surface area contributed by atoms with Crippen LogP contribution in [0, 0.1) is 23.9 Å². The van der Waals surface area contributed by atoms with E-state index in [1.807, 2.05) is 54.6 Å². The van der Waals surface area contributed by atoms with Crippen LogP contribution < -0.4 is 20.5 Å². The highest BCUT2D eigenvalue weighted by Gasteiger charge is 2.27. The number of phenols is 1. The van der Waals surface area contributed by atoms with Crippen molar-refractivity contribution in [1.82, 2.24) is 0 Å². The molecule has 4 aromatic carbocycles. The van der Waals surface area contributed by atoms with Gasteiger partial charge in [-0.15, -0.1) is 0 Å². The maximum atomic E-state index is 13.5. The van der Waals surface area contributed by atoms with Gasteiger partial charge >= 0.3 is 0 Å². The number of anilines is 1. The highest BCUT2D eigenvalue weighted by atomic mass is 16.5. The molecule has 9 heteroatoms. The number of carbonyl (C=O) groups is 1. The molecule has 2 heterocycles. The lowest BCUT2D eigenvalue weighted by Crippen LogP contribution is -2.24. The van der Waals surface area contributed by atoms with E-state index in [-0.39, 0.29) is 42.0 Å². The number of unbranched alkanes of at least 4 members (excludes halogenated alkanes) is 1. The number of aliphatic imine (C=N–C) groups is 1. The molecular weight excluding hydrogens is 679 g/mol. The third-order valence-corrected chi connectivity index (χ3v) is 10.2. The lowest BCUT2D eigenvalue weighted by Gasteiger charge is -2.28. The Balaban J connectivity index is 1.18. The molecule has 6 bridgehead atoms. The van der Waals surface area contributed by atoms with Crippen molar-refractivity contribution in [3.05, 3.63) is 119 Å². The number of allylic oxidation sites excluding steroid dienone is 3. The molecule has 0 saturated carbocycles. The van der Waals surface area contributed by atoms with Gasteiger partial charge in [0, 0.05) is 37.6 Å². The van der Waals surface area contributed by atoms with Crippen molar-refractivity contribution in [3.8, 4) is 29.3 Å². The number of aryl methyl sites for hydroxylation is 2. The molecule has 0 fully saturated rings. The molecule has 0 saturated heterocycles. The van der Waals surface area contributed by atoms with Crippen LogP contribution in [0.3, 0.4) is 0 Å². The third-order valence-electron chi connectivity index (χ3n) is 10.2. The largest absolute Gasteiger partial charge is 0.508 e. The van der Waals surface area contributed by atoms with Crippen molar-refractivity contribution >= 4 is 28.2 Å². The number of nitrogens with two attached hydrogens (primary N) is 1. The number of guanidine groups is 1. The summed E-state index contributed by atoms with van der Waals surface area (Å²) in [5, 5.41) is 26.3. The average molecular weight is 728 g/mol. The summed E-state index contributed by atoms with van der Waals surface area (Å²) in [7, 11) is 3.26. The summed E-state index contributed by atoms with van der Waals surface area (Å²) >= 11 is 0. The number of phenolic OH excluding ortho intramolecular Hbond substituents is 1. The molecule has 3 atom stereocenters. The van der Waals surface area contributed by atoms with Gasteiger partial charge in [0.1, 0.15) is 36.1 Å². The van der Waals surface area contributed by atoms with Crippen LogP contribution in [-0.2, 0) is 35.4 Å². The molecule has 54 heavy (non-hydrogen) atoms. The monoisotopic (exact) mass is 727 g/mol. The number of rotatable bonds is 9. The Kier molecular flexibility index (Phi) is 12.8. The Labute approximate surface area is 317 Å². The van der Waals surface area contributed by atoms with Gasteiger partial charge in [-0.3, -0.25) is 9.79 Å². The van der Waals surface area contributed by atoms with Crippen LogP contribution in [0.4, 0.5) is 5.69 Å². The van der Waals surface area contributed by atoms with Gasteiger partial charge in [-0.1, -0.05) is 54.8 Å². The predicted octanol–water partition coefficient (Wildman–Crippen LogP) is 8.33. The number of aromatic hydroxyl groups is 1. The molecule has 4 aromatic rings. The quantitative estimate of drug-likeness (QED) is 0.0585. The molecule has 9 nitrogen and oxygen atoms in total. The Hall–Kier alpha value is -5.88. The van der Waals surface area contributed by atoms with Gasteiger partial charge in [-0.2, -0.15) is 0 Å². The van der Waals surface area contributed by atoms with E-state index in [2.05, 4.69) is 46.6 Å². The van der Waals surface area contributed by atoms with E-state index < -0.39 is 6.10 Å². The predicted molar refractivity (Wildman–Crippen MR) is 214 cm³/mol. The second-order valence-corrected chi connectivity index (χ2v) is 14.0. The maximum absolute atomic E-state index is 13.5. The molecule has 0 unspecified atom stereocenters. The first-order valence-corrected chi connectivity index (χ1v) is 18.6. The van der Waals surface area contributed by atoms with E-state index in [4.69, 9.17) is 19.9 Å². The molecule has 0 spiro atoms. The molecular formula is C45H49N3O6. The number of benzene rings is 4. The molecule has 7 rings (SSSR count). The fourth-order valence-electron chi connectivity index (χ4n) is 7.26. The molecule has 1 aliphatic carbocycles. The lowest BCUT2D eigenvalue weighted by molar-refractivity contribution is -0.121. The van der Waals surface area contributed by atoms with Gasteiger partial charge in [-0.05, 0) is 120 Å². The van der Waals surface area contributed by atoms with Gasteiger partial charge in [0.2, 0.25) is 0 Å². The fourth-order valence-corrected chi connectivity index (χ4v) is 7.26. The summed E-state index contributed by atoms with van der Waals surface area (Å²) in [6, 6.07) is 23.6. The van der Waals surface area contributed by atoms with Crippen LogP contribution >= 0.6 is 0 Å². The zero-order chi connectivity index (χ0) is 37.9. The maximum Gasteiger partial charge on any atom is 0.192 e. The number of hydrogen-bond acceptors (Lipinski definition) is 7. The van der Waals surface area contributed by atoms with E-state index >= 15 is 0 Å². The number of carbonyl (C=O) groups excluding carboxylic acids is 1. The molecule has 280 valence electrons. The van der Waals surface area contributed by atoms with Gasteiger partial charge in [-0.25, -0.2) is 0 Å². The number of aliphatic hydroxyl groups is 1. The minimum absolute atomic E-state index is 0.0300. The summed E-state index contributed by atoms with van der Waals surface area (Å²) in [4.78, 5) is 17.5. The number of Topliss-reactive ketones (excluding diaryl/α,β-unsaturated/α-hetero) is 1. The zero-order valence-corrected chi connectivity index (χ0v) is 31.0. The van der Waals surface area contributed by atoms with Crippen molar-refractivity contribution in [2.45, 2.75) is 70.5 Å². The van der Waals surface area contributed by atoms with Gasteiger partial charge in [0.15, 0.2) is 17.5 Å². The number of hydrogen-bond donors (Lipinski definition) is 4. The van der Waals surface area contributed by atoms with Crippen LogP contribution in [-0.4, -0.2) is 42.2 Å². The Morgan fingerprint density at radius 3 is 2.74 bits per heavy atom. The molecule has 0 aromatic heterocycles. The SMILES string of the molecule is CN=C(N)Nc1cccc(CCCC[C@H]2C=CC(O)=C[C@@H]2C[C@@H]2CC(=O)CCc3ccc(OC)c(c3)OCc3ccc4c(c(O)ccc4c3)CC#CO2)c1. The number of ketones is 1. The van der Waals surface area contributed by atoms with E-state index in [9.17, 15) is 15.0 Å². The van der Waals surface area contributed by atoms with Crippen molar-refractivity contribution in [3.63, 3.8) is 0 Å². The van der Waals surface area contributed by atoms with E-state index in [1.54, 1.807) is 26.3 Å². The standard InChI is InChI=1S/C45H49N3O6/c1-47-45(46)48-36-10-5-8-30(24-36)7-3-4-9-33-15-18-37(49)26-35(33)27-39-28-38(50)17-12-31-14-21-43(52-2)44(25-31)54-29-32-13-19-40-34(23-32)16-20-42(51)41(40)11-6-22-53-39/h5,8,10,13-16,18-21,23-26,33,35,39,49,51H,3-4,7,9,11-12,17,27-29H2,1-2H3,(H3,46,47,48)/t33-,35+,39+/m0/s1. The van der Waals surface area contributed by atoms with Crippen molar-refractivity contribution in [1.29, 1.82) is 0 Å². The van der Waals surface area contributed by atoms with Crippen LogP contribution in [0.5, 0.6) is 17.2 Å². The average Bonchev–Trinajstić information content (AvgIpc) is 3.17. The molecule has 2 aliphatic heterocycles. The Morgan fingerprint density at radius 2 is 1.89 bits per heavy atom. The third kappa shape index (κ3) is 10.2. The molecule has 3 aliphatic rings. The fraction of sp³-hybridized carbons (Fsp3) is 0.333. The van der Waals surface area contributed by atoms with Crippen LogP contribution in [0.15, 0.2) is 102 Å².